The van der Waals surface area contributed by atoms with Crippen LogP contribution in [0.1, 0.15) is 6.92 Å². The van der Waals surface area contributed by atoms with Crippen LogP contribution in [0, 0.1) is 0 Å². The molecule has 0 aromatic heterocycles. The molecule has 0 rings (SSSR count). The van der Waals surface area contributed by atoms with Crippen LogP contribution >= 0.6 is 0 Å². The summed E-state index contributed by atoms with van der Waals surface area (Å²) in [4.78, 5) is 0. The van der Waals surface area contributed by atoms with Crippen LogP contribution in [0.4, 0.5) is 0 Å². The molecule has 0 saturated carbocycles. The normalized spacial score (nSPS) is 14.4. The summed E-state index contributed by atoms with van der Waals surface area (Å²) in [6, 6.07) is 0. The van der Waals surface area contributed by atoms with Crippen LogP contribution in [0.15, 0.2) is 0 Å². The first-order valence-electron chi connectivity index (χ1n) is 2.51. The fraction of sp³-hybridized carbons (Fsp3) is 1.00. The van der Waals surface area contributed by atoms with Gasteiger partial charge in [-0.2, -0.15) is 16.8 Å². The second kappa shape index (κ2) is 4.72. The minimum atomic E-state index is -4.19. The van der Waals surface area contributed by atoms with E-state index in [0.29, 0.717) is 6.26 Å². The molecule has 12 heavy (non-hydrogen) atoms. The number of hydrogen-bond donors (Lipinski definition) is 3. The Balaban J connectivity index is 0. The quantitative estimate of drug-likeness (QED) is 0.471. The average molecular weight is 222 g/mol. The Kier molecular flexibility index (Phi) is 5.63. The van der Waals surface area contributed by atoms with E-state index in [-0.39, 0.29) is 0 Å². The predicted molar refractivity (Wildman–Crippen MR) is 40.7 cm³/mol. The Bertz CT molecular complexity index is 288. The summed E-state index contributed by atoms with van der Waals surface area (Å²) in [5, 5.41) is 8.05. The topological polar surface area (TPSA) is 129 Å². The van der Waals surface area contributed by atoms with Crippen molar-refractivity contribution in [2.24, 2.45) is 0 Å². The molecule has 76 valence electrons. The molecule has 0 amide bonds. The predicted octanol–water partition coefficient (Wildman–Crippen LogP) is -1.28. The molecular weight excluding hydrogens is 212 g/mol. The first kappa shape index (κ1) is 14.3. The van der Waals surface area contributed by atoms with E-state index in [9.17, 15) is 16.8 Å². The van der Waals surface area contributed by atoms with Crippen molar-refractivity contribution in [1.82, 2.24) is 0 Å². The molecule has 9 heteroatoms. The van der Waals surface area contributed by atoms with Crippen LogP contribution in [-0.4, -0.2) is 42.7 Å². The van der Waals surface area contributed by atoms with Gasteiger partial charge in [0.1, 0.15) is 0 Å². The van der Waals surface area contributed by atoms with Crippen LogP contribution in [0.25, 0.3) is 0 Å². The second-order valence-electron chi connectivity index (χ2n) is 1.85. The first-order valence-corrected chi connectivity index (χ1v) is 5.86. The summed E-state index contributed by atoms with van der Waals surface area (Å²) in [6.07, 6.45) is 0.715. The van der Waals surface area contributed by atoms with Gasteiger partial charge in [-0.05, 0) is 6.92 Å². The molecule has 0 aromatic carbocycles. The fourth-order valence-electron chi connectivity index (χ4n) is 0. The van der Waals surface area contributed by atoms with E-state index in [4.69, 9.17) is 14.2 Å². The summed E-state index contributed by atoms with van der Waals surface area (Å²) >= 11 is 0. The first-order chi connectivity index (χ1) is 4.94. The van der Waals surface area contributed by atoms with E-state index in [2.05, 4.69) is 0 Å². The summed E-state index contributed by atoms with van der Waals surface area (Å²) in [6.45, 7) is 0.968. The highest BCUT2D eigenvalue weighted by molar-refractivity contribution is 7.86. The molecule has 0 radical (unpaired) electrons. The fourth-order valence-corrected chi connectivity index (χ4v) is 0. The lowest BCUT2D eigenvalue weighted by molar-refractivity contribution is 0.252. The molecule has 0 spiro atoms. The second-order valence-corrected chi connectivity index (χ2v) is 5.03. The van der Waals surface area contributed by atoms with Crippen molar-refractivity contribution < 1.29 is 31.0 Å². The molecule has 3 N–H and O–H groups in total. The number of hydrogen-bond acceptors (Lipinski definition) is 5. The lowest BCUT2D eigenvalue weighted by Crippen LogP contribution is -2.14. The van der Waals surface area contributed by atoms with Gasteiger partial charge in [-0.25, -0.2) is 0 Å². The maximum Gasteiger partial charge on any atom is 0.291 e. The van der Waals surface area contributed by atoms with Crippen molar-refractivity contribution in [3.8, 4) is 0 Å². The molecule has 0 heterocycles. The van der Waals surface area contributed by atoms with Gasteiger partial charge in [0, 0.05) is 0 Å². The van der Waals surface area contributed by atoms with Gasteiger partial charge >= 0.3 is 0 Å². The molecule has 1 unspecified atom stereocenters. The Morgan fingerprint density at radius 3 is 1.17 bits per heavy atom. The van der Waals surface area contributed by atoms with E-state index in [1.54, 1.807) is 0 Å². The van der Waals surface area contributed by atoms with Crippen molar-refractivity contribution in [2.45, 2.75) is 12.4 Å². The van der Waals surface area contributed by atoms with Crippen LogP contribution < -0.4 is 0 Å². The highest BCUT2D eigenvalue weighted by Crippen LogP contribution is 1.88. The van der Waals surface area contributed by atoms with Crippen LogP contribution in [-0.2, 0) is 20.2 Å². The zero-order chi connectivity index (χ0) is 10.6. The lowest BCUT2D eigenvalue weighted by Gasteiger charge is -1.94. The lowest BCUT2D eigenvalue weighted by atomic mass is 10.9. The molecule has 0 bridgehead atoms. The highest BCUT2D eigenvalue weighted by Gasteiger charge is 2.10. The van der Waals surface area contributed by atoms with Gasteiger partial charge in [0.2, 0.25) is 0 Å². The van der Waals surface area contributed by atoms with Crippen molar-refractivity contribution in [2.75, 3.05) is 6.26 Å². The van der Waals surface area contributed by atoms with Crippen LogP contribution in [0.3, 0.4) is 0 Å². The Morgan fingerprint density at radius 1 is 1.08 bits per heavy atom. The van der Waals surface area contributed by atoms with Crippen molar-refractivity contribution >= 4 is 20.2 Å². The third-order valence-electron chi connectivity index (χ3n) is 0.431. The van der Waals surface area contributed by atoms with Gasteiger partial charge in [-0.1, -0.05) is 0 Å². The summed E-state index contributed by atoms with van der Waals surface area (Å²) in [5.41, 5.74) is -1.67. The highest BCUT2D eigenvalue weighted by atomic mass is 32.2. The average Bonchev–Trinajstić information content (AvgIpc) is 1.55. The van der Waals surface area contributed by atoms with Crippen molar-refractivity contribution in [1.29, 1.82) is 0 Å². The summed E-state index contributed by atoms with van der Waals surface area (Å²) < 4.78 is 53.0. The Labute approximate surface area is 70.5 Å². The molecule has 0 aliphatic heterocycles. The molecule has 0 aliphatic rings. The zero-order valence-electron chi connectivity index (χ0n) is 6.37. The SMILES string of the molecule is CC(O)S(=O)(=O)O.CS(=O)(=O)O. The van der Waals surface area contributed by atoms with Gasteiger partial charge < -0.3 is 5.11 Å². The standard InChI is InChI=1S/C2H6O4S.CH4O3S/c1-2(3)7(4,5)6;1-5(2,3)4/h2-3H,1H3,(H,4,5,6);1H3,(H,2,3,4). The maximum absolute atomic E-state index is 9.64. The maximum atomic E-state index is 9.64. The number of aliphatic hydroxyl groups excluding tert-OH is 1. The van der Waals surface area contributed by atoms with Gasteiger partial charge in [-0.15, -0.1) is 0 Å². The Hall–Kier alpha value is -0.220. The molecule has 0 aromatic rings. The zero-order valence-corrected chi connectivity index (χ0v) is 8.00. The molecule has 7 nitrogen and oxygen atoms in total. The number of aliphatic hydroxyl groups is 1. The van der Waals surface area contributed by atoms with E-state index < -0.39 is 25.7 Å². The van der Waals surface area contributed by atoms with E-state index in [1.807, 2.05) is 0 Å². The summed E-state index contributed by atoms with van der Waals surface area (Å²) in [7, 11) is -7.85. The third-order valence-corrected chi connectivity index (χ3v) is 1.29. The van der Waals surface area contributed by atoms with Gasteiger partial charge in [-0.3, -0.25) is 9.11 Å². The third kappa shape index (κ3) is 22.6. The summed E-state index contributed by atoms with van der Waals surface area (Å²) in [5.74, 6) is 0. The minimum Gasteiger partial charge on any atom is -0.375 e. The van der Waals surface area contributed by atoms with Crippen molar-refractivity contribution in [3.63, 3.8) is 0 Å². The van der Waals surface area contributed by atoms with Crippen molar-refractivity contribution in [3.05, 3.63) is 0 Å². The minimum absolute atomic E-state index is 0.715. The van der Waals surface area contributed by atoms with E-state index in [1.165, 1.54) is 0 Å². The number of rotatable bonds is 1. The Morgan fingerprint density at radius 2 is 1.17 bits per heavy atom. The van der Waals surface area contributed by atoms with Gasteiger partial charge in [0.15, 0.2) is 5.44 Å². The molecule has 0 saturated heterocycles. The monoisotopic (exact) mass is 222 g/mol. The molecule has 0 fully saturated rings. The molecule has 1 atom stereocenters. The van der Waals surface area contributed by atoms with Gasteiger partial charge in [0.25, 0.3) is 20.2 Å². The van der Waals surface area contributed by atoms with E-state index >= 15 is 0 Å². The molecular formula is C3H10O7S2. The van der Waals surface area contributed by atoms with Crippen LogP contribution in [0.5, 0.6) is 0 Å². The van der Waals surface area contributed by atoms with E-state index in [0.717, 1.165) is 6.92 Å². The largest absolute Gasteiger partial charge is 0.375 e. The van der Waals surface area contributed by atoms with Crippen LogP contribution in [0.2, 0.25) is 0 Å². The smallest absolute Gasteiger partial charge is 0.291 e. The van der Waals surface area contributed by atoms with Gasteiger partial charge in [0.05, 0.1) is 6.26 Å². The molecule has 0 aliphatic carbocycles.